The van der Waals surface area contributed by atoms with Crippen LogP contribution in [0.3, 0.4) is 0 Å². The fourth-order valence-corrected chi connectivity index (χ4v) is 5.34. The van der Waals surface area contributed by atoms with Gasteiger partial charge in [0.15, 0.2) is 5.88 Å². The van der Waals surface area contributed by atoms with Crippen LogP contribution in [0.4, 0.5) is 5.69 Å². The van der Waals surface area contributed by atoms with Gasteiger partial charge in [-0.1, -0.05) is 42.0 Å². The summed E-state index contributed by atoms with van der Waals surface area (Å²) < 4.78 is 5.39. The zero-order valence-electron chi connectivity index (χ0n) is 22.2. The molecule has 204 valence electrons. The molecule has 2 aliphatic heterocycles. The molecule has 2 aliphatic rings. The fraction of sp³-hybridized carbons (Fsp3) is 0.258. The monoisotopic (exact) mass is 538 g/mol. The summed E-state index contributed by atoms with van der Waals surface area (Å²) in [5.74, 6) is -1.02. The number of aryl methyl sites for hydroxylation is 1. The number of amides is 1. The van der Waals surface area contributed by atoms with Crippen LogP contribution in [0.1, 0.15) is 38.2 Å². The Hall–Kier alpha value is -4.47. The van der Waals surface area contributed by atoms with Gasteiger partial charge in [0.1, 0.15) is 0 Å². The lowest BCUT2D eigenvalue weighted by atomic mass is 9.99. The van der Waals surface area contributed by atoms with Gasteiger partial charge < -0.3 is 24.8 Å². The summed E-state index contributed by atoms with van der Waals surface area (Å²) in [4.78, 5) is 36.4. The first-order valence-electron chi connectivity index (χ1n) is 13.3. The molecule has 3 aromatic carbocycles. The molecule has 3 N–H and O–H groups in total. The van der Waals surface area contributed by atoms with Gasteiger partial charge in [0.2, 0.25) is 5.91 Å². The molecule has 6 rings (SSSR count). The molecule has 0 spiro atoms. The molecule has 0 atom stereocenters. The number of aliphatic imine (C=N–C) groups is 1. The number of hydrogen-bond donors (Lipinski definition) is 3. The highest BCUT2D eigenvalue weighted by Gasteiger charge is 2.26. The number of aromatic hydroxyl groups is 1. The van der Waals surface area contributed by atoms with Gasteiger partial charge in [-0.2, -0.15) is 0 Å². The second-order valence-corrected chi connectivity index (χ2v) is 10.3. The van der Waals surface area contributed by atoms with Crippen LogP contribution in [-0.2, 0) is 22.6 Å². The van der Waals surface area contributed by atoms with E-state index in [9.17, 15) is 19.8 Å². The van der Waals surface area contributed by atoms with E-state index in [-0.39, 0.29) is 17.4 Å². The third-order valence-corrected chi connectivity index (χ3v) is 7.56. The lowest BCUT2D eigenvalue weighted by Crippen LogP contribution is -2.43. The number of ether oxygens (including phenoxy) is 1. The number of aromatic nitrogens is 1. The smallest absolute Gasteiger partial charge is 0.335 e. The second-order valence-electron chi connectivity index (χ2n) is 10.3. The average Bonchev–Trinajstić information content (AvgIpc) is 3.52. The predicted molar refractivity (Wildman–Crippen MR) is 151 cm³/mol. The van der Waals surface area contributed by atoms with Crippen LogP contribution >= 0.6 is 0 Å². The van der Waals surface area contributed by atoms with Crippen LogP contribution in [0.2, 0.25) is 0 Å². The predicted octanol–water partition coefficient (Wildman–Crippen LogP) is 4.22. The first-order chi connectivity index (χ1) is 19.4. The van der Waals surface area contributed by atoms with Crippen LogP contribution < -0.4 is 0 Å². The summed E-state index contributed by atoms with van der Waals surface area (Å²) >= 11 is 0. The van der Waals surface area contributed by atoms with Gasteiger partial charge in [-0.15, -0.1) is 0 Å². The number of fused-ring (bicyclic) bond motifs is 2. The number of H-pyrrole nitrogens is 1. The Kier molecular flexibility index (Phi) is 6.83. The molecule has 0 bridgehead atoms. The maximum Gasteiger partial charge on any atom is 0.335 e. The summed E-state index contributed by atoms with van der Waals surface area (Å²) in [7, 11) is 0. The minimum absolute atomic E-state index is 0.0853. The Morgan fingerprint density at radius 2 is 1.68 bits per heavy atom. The normalized spacial score (nSPS) is 15.9. The first-order valence-corrected chi connectivity index (χ1v) is 13.3. The Bertz CT molecular complexity index is 1630. The van der Waals surface area contributed by atoms with Gasteiger partial charge in [-0.25, -0.2) is 9.79 Å². The van der Waals surface area contributed by atoms with E-state index in [1.807, 2.05) is 54.3 Å². The van der Waals surface area contributed by atoms with Crippen LogP contribution in [0, 0.1) is 6.92 Å². The number of morpholine rings is 1. The number of benzene rings is 3. The number of hydrogen-bond acceptors (Lipinski definition) is 6. The van der Waals surface area contributed by atoms with Gasteiger partial charge >= 0.3 is 5.97 Å². The number of carbonyl (C=O) groups excluding carboxylic acids is 1. The number of carbonyl (C=O) groups is 2. The molecule has 1 aromatic heterocycles. The molecule has 9 nitrogen and oxygen atoms in total. The summed E-state index contributed by atoms with van der Waals surface area (Å²) in [6.07, 6.45) is 0. The van der Waals surface area contributed by atoms with Crippen LogP contribution in [0.5, 0.6) is 5.88 Å². The van der Waals surface area contributed by atoms with Crippen molar-refractivity contribution in [1.29, 1.82) is 0 Å². The standard InChI is InChI=1S/C31H30N4O5/c1-19-2-4-20(5-3-19)29(28-25-9-7-21(31(38)39)15-26(25)33-30(28)37)32-24-8-6-22-16-35(17-23(22)14-24)27(36)18-34-10-12-40-13-11-34/h2-9,14-15,33,37H,10-13,16-18H2,1H3,(H,38,39). The van der Waals surface area contributed by atoms with Crippen molar-refractivity contribution in [3.63, 3.8) is 0 Å². The van der Waals surface area contributed by atoms with Crippen molar-refractivity contribution in [2.45, 2.75) is 20.0 Å². The van der Waals surface area contributed by atoms with Gasteiger partial charge in [0, 0.05) is 42.6 Å². The first kappa shape index (κ1) is 25.8. The van der Waals surface area contributed by atoms with Crippen molar-refractivity contribution in [2.75, 3.05) is 32.8 Å². The highest BCUT2D eigenvalue weighted by Crippen LogP contribution is 2.33. The molecule has 0 saturated carbocycles. The van der Waals surface area contributed by atoms with Crippen molar-refractivity contribution >= 4 is 34.2 Å². The largest absolute Gasteiger partial charge is 0.494 e. The number of carboxylic acids is 1. The highest BCUT2D eigenvalue weighted by atomic mass is 16.5. The summed E-state index contributed by atoms with van der Waals surface area (Å²) in [6, 6.07) is 18.5. The van der Waals surface area contributed by atoms with E-state index in [0.717, 1.165) is 35.3 Å². The van der Waals surface area contributed by atoms with Gasteiger partial charge in [-0.05, 0) is 42.3 Å². The fourth-order valence-electron chi connectivity index (χ4n) is 5.34. The van der Waals surface area contributed by atoms with Crippen molar-refractivity contribution < 1.29 is 24.5 Å². The Labute approximate surface area is 231 Å². The van der Waals surface area contributed by atoms with E-state index >= 15 is 0 Å². The van der Waals surface area contributed by atoms with Gasteiger partial charge in [-0.3, -0.25) is 9.69 Å². The molecular weight excluding hydrogens is 508 g/mol. The zero-order chi connectivity index (χ0) is 27.8. The summed E-state index contributed by atoms with van der Waals surface area (Å²) in [6.45, 7) is 6.35. The molecule has 9 heteroatoms. The van der Waals surface area contributed by atoms with E-state index < -0.39 is 5.97 Å². The molecule has 0 unspecified atom stereocenters. The molecule has 1 saturated heterocycles. The van der Waals surface area contributed by atoms with E-state index in [2.05, 4.69) is 9.88 Å². The SMILES string of the molecule is Cc1ccc(C(=Nc2ccc3c(c2)CN(C(=O)CN2CCOCC2)C3)c2c(O)[nH]c3cc(C(=O)O)ccc23)cc1. The van der Waals surface area contributed by atoms with Crippen molar-refractivity contribution in [2.24, 2.45) is 4.99 Å². The molecule has 3 heterocycles. The number of rotatable bonds is 6. The molecule has 0 aliphatic carbocycles. The van der Waals surface area contributed by atoms with Crippen molar-refractivity contribution in [1.82, 2.24) is 14.8 Å². The van der Waals surface area contributed by atoms with Gasteiger partial charge in [0.05, 0.1) is 42.3 Å². The molecular formula is C31H30N4O5. The number of nitrogens with zero attached hydrogens (tertiary/aromatic N) is 3. The van der Waals surface area contributed by atoms with E-state index in [1.54, 1.807) is 6.07 Å². The van der Waals surface area contributed by atoms with E-state index in [4.69, 9.17) is 9.73 Å². The third kappa shape index (κ3) is 5.09. The number of nitrogens with one attached hydrogen (secondary N) is 1. The minimum Gasteiger partial charge on any atom is -0.494 e. The zero-order valence-corrected chi connectivity index (χ0v) is 22.2. The Morgan fingerprint density at radius 3 is 2.42 bits per heavy atom. The third-order valence-electron chi connectivity index (χ3n) is 7.56. The van der Waals surface area contributed by atoms with Crippen molar-refractivity contribution in [3.05, 3.63) is 94.0 Å². The quantitative estimate of drug-likeness (QED) is 0.316. The second kappa shape index (κ2) is 10.6. The molecule has 1 fully saturated rings. The lowest BCUT2D eigenvalue weighted by molar-refractivity contribution is -0.134. The molecule has 40 heavy (non-hydrogen) atoms. The van der Waals surface area contributed by atoms with E-state index in [1.165, 1.54) is 12.1 Å². The van der Waals surface area contributed by atoms with E-state index in [0.29, 0.717) is 60.7 Å². The topological polar surface area (TPSA) is 118 Å². The average molecular weight is 539 g/mol. The molecule has 0 radical (unpaired) electrons. The summed E-state index contributed by atoms with van der Waals surface area (Å²) in [5, 5.41) is 21.1. The van der Waals surface area contributed by atoms with Crippen LogP contribution in [0.25, 0.3) is 10.9 Å². The lowest BCUT2D eigenvalue weighted by Gasteiger charge is -2.27. The van der Waals surface area contributed by atoms with Crippen molar-refractivity contribution in [3.8, 4) is 5.88 Å². The Morgan fingerprint density at radius 1 is 0.950 bits per heavy atom. The van der Waals surface area contributed by atoms with Crippen LogP contribution in [0.15, 0.2) is 65.7 Å². The maximum absolute atomic E-state index is 13.0. The van der Waals surface area contributed by atoms with Crippen LogP contribution in [-0.4, -0.2) is 75.4 Å². The highest BCUT2D eigenvalue weighted by molar-refractivity contribution is 6.22. The number of aromatic carboxylic acids is 1. The minimum atomic E-state index is -1.04. The summed E-state index contributed by atoms with van der Waals surface area (Å²) in [5.41, 5.74) is 6.45. The Balaban J connectivity index is 1.34. The maximum atomic E-state index is 13.0. The van der Waals surface area contributed by atoms with Gasteiger partial charge in [0.25, 0.3) is 0 Å². The molecule has 1 amide bonds. The molecule has 4 aromatic rings. The number of aromatic amines is 1. The number of carboxylic acid groups (broad SMARTS) is 1.